The second kappa shape index (κ2) is 4.47. The van der Waals surface area contributed by atoms with Gasteiger partial charge in [0.1, 0.15) is 0 Å². The van der Waals surface area contributed by atoms with Crippen molar-refractivity contribution in [3.8, 4) is 0 Å². The van der Waals surface area contributed by atoms with Gasteiger partial charge in [-0.1, -0.05) is 29.3 Å². The second-order valence-electron chi connectivity index (χ2n) is 5.82. The molecule has 104 valence electrons. The van der Waals surface area contributed by atoms with Crippen LogP contribution >= 0.6 is 0 Å². The van der Waals surface area contributed by atoms with Crippen LogP contribution in [0.15, 0.2) is 24.4 Å². The topological polar surface area (TPSA) is 57.8 Å². The van der Waals surface area contributed by atoms with Gasteiger partial charge in [0, 0.05) is 0 Å². The van der Waals surface area contributed by atoms with Crippen LogP contribution in [-0.4, -0.2) is 16.1 Å². The highest BCUT2D eigenvalue weighted by Crippen LogP contribution is 2.49. The Kier molecular flexibility index (Phi) is 2.89. The van der Waals surface area contributed by atoms with E-state index in [0.29, 0.717) is 0 Å². The number of rotatable bonds is 3. The summed E-state index contributed by atoms with van der Waals surface area (Å²) in [6, 6.07) is 6.39. The number of nitrogens with one attached hydrogen (secondary N) is 2. The molecule has 1 fully saturated rings. The van der Waals surface area contributed by atoms with Gasteiger partial charge in [0.2, 0.25) is 5.91 Å². The molecule has 0 spiro atoms. The van der Waals surface area contributed by atoms with Crippen molar-refractivity contribution in [2.24, 2.45) is 0 Å². The van der Waals surface area contributed by atoms with E-state index in [1.54, 1.807) is 6.20 Å². The lowest BCUT2D eigenvalue weighted by Crippen LogP contribution is -2.28. The number of carbonyl (C=O) groups is 1. The first-order valence-corrected chi connectivity index (χ1v) is 6.91. The summed E-state index contributed by atoms with van der Waals surface area (Å²) in [4.78, 5) is 12.6. The molecule has 0 bridgehead atoms. The number of amides is 1. The van der Waals surface area contributed by atoms with E-state index in [1.807, 2.05) is 6.92 Å². The van der Waals surface area contributed by atoms with E-state index in [9.17, 15) is 4.79 Å². The van der Waals surface area contributed by atoms with Crippen molar-refractivity contribution < 1.29 is 4.79 Å². The van der Waals surface area contributed by atoms with Crippen molar-refractivity contribution in [3.63, 3.8) is 0 Å². The maximum atomic E-state index is 12.6. The lowest BCUT2D eigenvalue weighted by molar-refractivity contribution is -0.118. The van der Waals surface area contributed by atoms with Crippen molar-refractivity contribution in [1.29, 1.82) is 0 Å². The van der Waals surface area contributed by atoms with Crippen LogP contribution in [0.2, 0.25) is 0 Å². The number of hydrogen-bond acceptors (Lipinski definition) is 2. The van der Waals surface area contributed by atoms with Gasteiger partial charge >= 0.3 is 0 Å². The molecule has 20 heavy (non-hydrogen) atoms. The van der Waals surface area contributed by atoms with Gasteiger partial charge in [-0.3, -0.25) is 9.89 Å². The van der Waals surface area contributed by atoms with Gasteiger partial charge in [-0.15, -0.1) is 0 Å². The van der Waals surface area contributed by atoms with Crippen molar-refractivity contribution in [2.45, 2.75) is 39.0 Å². The van der Waals surface area contributed by atoms with E-state index in [2.05, 4.69) is 47.6 Å². The van der Waals surface area contributed by atoms with Crippen molar-refractivity contribution in [3.05, 3.63) is 46.8 Å². The van der Waals surface area contributed by atoms with E-state index >= 15 is 0 Å². The third-order valence-corrected chi connectivity index (χ3v) is 4.04. The van der Waals surface area contributed by atoms with Crippen LogP contribution in [0.5, 0.6) is 0 Å². The van der Waals surface area contributed by atoms with Gasteiger partial charge in [-0.25, -0.2) is 0 Å². The lowest BCUT2D eigenvalue weighted by atomic mass is 9.92. The molecule has 1 amide bonds. The van der Waals surface area contributed by atoms with Gasteiger partial charge < -0.3 is 5.32 Å². The SMILES string of the molecule is Cc1cc(C)cc(C2(C(=O)Nc3cn[nH]c3C)CC2)c1. The molecule has 1 heterocycles. The molecule has 1 aromatic carbocycles. The molecular weight excluding hydrogens is 250 g/mol. The normalized spacial score (nSPS) is 15.9. The first kappa shape index (κ1) is 12.9. The standard InChI is InChI=1S/C16H19N3O/c1-10-6-11(2)8-13(7-10)16(4-5-16)15(20)18-14-9-17-19-12(14)3/h6-9H,4-5H2,1-3H3,(H,17,19)(H,18,20). The number of aromatic amines is 1. The minimum atomic E-state index is -0.347. The zero-order chi connectivity index (χ0) is 14.3. The summed E-state index contributed by atoms with van der Waals surface area (Å²) in [6.45, 7) is 6.05. The molecule has 2 aromatic rings. The van der Waals surface area contributed by atoms with E-state index in [0.717, 1.165) is 29.8 Å². The summed E-state index contributed by atoms with van der Waals surface area (Å²) >= 11 is 0. The van der Waals surface area contributed by atoms with Gasteiger partial charge in [0.15, 0.2) is 0 Å². The van der Waals surface area contributed by atoms with E-state index in [-0.39, 0.29) is 11.3 Å². The zero-order valence-electron chi connectivity index (χ0n) is 12.1. The molecule has 4 heteroatoms. The molecule has 0 radical (unpaired) electrons. The minimum absolute atomic E-state index is 0.0759. The number of aryl methyl sites for hydroxylation is 3. The summed E-state index contributed by atoms with van der Waals surface area (Å²) in [6.07, 6.45) is 3.49. The highest BCUT2D eigenvalue weighted by Gasteiger charge is 2.51. The molecule has 0 saturated heterocycles. The number of aromatic nitrogens is 2. The summed E-state index contributed by atoms with van der Waals surface area (Å²) in [5, 5.41) is 9.78. The minimum Gasteiger partial charge on any atom is -0.322 e. The first-order chi connectivity index (χ1) is 9.51. The Bertz CT molecular complexity index is 648. The van der Waals surface area contributed by atoms with Crippen LogP contribution < -0.4 is 5.32 Å². The van der Waals surface area contributed by atoms with E-state index in [1.165, 1.54) is 11.1 Å². The molecule has 1 saturated carbocycles. The van der Waals surface area contributed by atoms with Crippen LogP contribution in [0.1, 0.15) is 35.2 Å². The molecule has 0 aliphatic heterocycles. The third-order valence-electron chi connectivity index (χ3n) is 4.04. The van der Waals surface area contributed by atoms with Crippen molar-refractivity contribution in [1.82, 2.24) is 10.2 Å². The zero-order valence-corrected chi connectivity index (χ0v) is 12.1. The first-order valence-electron chi connectivity index (χ1n) is 6.91. The van der Waals surface area contributed by atoms with E-state index in [4.69, 9.17) is 0 Å². The predicted molar refractivity (Wildman–Crippen MR) is 78.8 cm³/mol. The average Bonchev–Trinajstić information content (AvgIpc) is 3.10. The molecule has 4 nitrogen and oxygen atoms in total. The monoisotopic (exact) mass is 269 g/mol. The molecule has 3 rings (SSSR count). The van der Waals surface area contributed by atoms with Crippen molar-refractivity contribution in [2.75, 3.05) is 5.32 Å². The third kappa shape index (κ3) is 2.11. The van der Waals surface area contributed by atoms with Gasteiger partial charge in [-0.05, 0) is 39.2 Å². The fraction of sp³-hybridized carbons (Fsp3) is 0.375. The fourth-order valence-electron chi connectivity index (χ4n) is 2.74. The van der Waals surface area contributed by atoms with E-state index < -0.39 is 0 Å². The van der Waals surface area contributed by atoms with Crippen LogP contribution in [0, 0.1) is 20.8 Å². The fourth-order valence-corrected chi connectivity index (χ4v) is 2.74. The number of benzene rings is 1. The highest BCUT2D eigenvalue weighted by molar-refractivity contribution is 6.01. The molecule has 1 aliphatic carbocycles. The smallest absolute Gasteiger partial charge is 0.235 e. The Labute approximate surface area is 118 Å². The predicted octanol–water partition coefficient (Wildman–Crippen LogP) is 3.01. The quantitative estimate of drug-likeness (QED) is 0.900. The molecule has 0 unspecified atom stereocenters. The Morgan fingerprint density at radius 1 is 1.20 bits per heavy atom. The molecular formula is C16H19N3O. The van der Waals surface area contributed by atoms with Crippen LogP contribution in [0.4, 0.5) is 5.69 Å². The molecule has 2 N–H and O–H groups in total. The van der Waals surface area contributed by atoms with Gasteiger partial charge in [0.05, 0.1) is 23.0 Å². The summed E-state index contributed by atoms with van der Waals surface area (Å²) in [7, 11) is 0. The summed E-state index contributed by atoms with van der Waals surface area (Å²) in [5.41, 5.74) is 4.85. The molecule has 1 aromatic heterocycles. The second-order valence-corrected chi connectivity index (χ2v) is 5.82. The summed E-state index contributed by atoms with van der Waals surface area (Å²) < 4.78 is 0. The molecule has 0 atom stereocenters. The van der Waals surface area contributed by atoms with Crippen LogP contribution in [0.25, 0.3) is 0 Å². The van der Waals surface area contributed by atoms with Gasteiger partial charge in [-0.2, -0.15) is 5.10 Å². The Balaban J connectivity index is 1.88. The Morgan fingerprint density at radius 3 is 2.35 bits per heavy atom. The van der Waals surface area contributed by atoms with Crippen LogP contribution in [-0.2, 0) is 10.2 Å². The number of H-pyrrole nitrogens is 1. The number of hydrogen-bond donors (Lipinski definition) is 2. The number of nitrogens with zero attached hydrogens (tertiary/aromatic N) is 1. The van der Waals surface area contributed by atoms with Crippen LogP contribution in [0.3, 0.4) is 0 Å². The molecule has 1 aliphatic rings. The lowest BCUT2D eigenvalue weighted by Gasteiger charge is -2.17. The summed E-state index contributed by atoms with van der Waals surface area (Å²) in [5.74, 6) is 0.0759. The number of anilines is 1. The Hall–Kier alpha value is -2.10. The average molecular weight is 269 g/mol. The maximum Gasteiger partial charge on any atom is 0.235 e. The van der Waals surface area contributed by atoms with Crippen molar-refractivity contribution >= 4 is 11.6 Å². The largest absolute Gasteiger partial charge is 0.322 e. The highest BCUT2D eigenvalue weighted by atomic mass is 16.2. The maximum absolute atomic E-state index is 12.6. The Morgan fingerprint density at radius 2 is 1.85 bits per heavy atom. The van der Waals surface area contributed by atoms with Gasteiger partial charge in [0.25, 0.3) is 0 Å². The number of carbonyl (C=O) groups excluding carboxylic acids is 1.